The predicted octanol–water partition coefficient (Wildman–Crippen LogP) is 1.95. The van der Waals surface area contributed by atoms with E-state index in [2.05, 4.69) is 19.2 Å². The Labute approximate surface area is 80.1 Å². The van der Waals surface area contributed by atoms with Gasteiger partial charge in [-0.2, -0.15) is 0 Å². The highest BCUT2D eigenvalue weighted by Gasteiger charge is 2.37. The number of rotatable bonds is 2. The summed E-state index contributed by atoms with van der Waals surface area (Å²) in [5, 5.41) is 3.14. The molecule has 0 radical (unpaired) electrons. The highest BCUT2D eigenvalue weighted by Crippen LogP contribution is 2.34. The molecule has 74 valence electrons. The van der Waals surface area contributed by atoms with Gasteiger partial charge in [0.15, 0.2) is 0 Å². The summed E-state index contributed by atoms with van der Waals surface area (Å²) < 4.78 is 0. The third-order valence-electron chi connectivity index (χ3n) is 3.64. The largest absolute Gasteiger partial charge is 0.353 e. The van der Waals surface area contributed by atoms with Crippen LogP contribution in [0.2, 0.25) is 0 Å². The number of amides is 1. The maximum absolute atomic E-state index is 11.7. The lowest BCUT2D eigenvalue weighted by Crippen LogP contribution is -2.34. The Morgan fingerprint density at radius 2 is 1.92 bits per heavy atom. The minimum Gasteiger partial charge on any atom is -0.353 e. The fourth-order valence-corrected chi connectivity index (χ4v) is 2.35. The molecular weight excluding hydrogens is 162 g/mol. The molecule has 2 rings (SSSR count). The summed E-state index contributed by atoms with van der Waals surface area (Å²) in [5.41, 5.74) is 0. The van der Waals surface area contributed by atoms with Crippen molar-refractivity contribution in [2.24, 2.45) is 17.8 Å². The molecule has 2 aliphatic carbocycles. The minimum atomic E-state index is 0.313. The first-order chi connectivity index (χ1) is 6.18. The lowest BCUT2D eigenvalue weighted by atomic mass is 9.97. The number of hydrogen-bond acceptors (Lipinski definition) is 1. The van der Waals surface area contributed by atoms with E-state index in [1.165, 1.54) is 19.3 Å². The monoisotopic (exact) mass is 181 g/mol. The summed E-state index contributed by atoms with van der Waals surface area (Å²) in [6.45, 7) is 4.40. The van der Waals surface area contributed by atoms with Crippen molar-refractivity contribution in [3.05, 3.63) is 0 Å². The first kappa shape index (κ1) is 9.04. The summed E-state index contributed by atoms with van der Waals surface area (Å²) in [5.74, 6) is 1.96. The maximum atomic E-state index is 11.7. The molecule has 4 atom stereocenters. The van der Waals surface area contributed by atoms with Gasteiger partial charge in [-0.1, -0.05) is 20.3 Å². The van der Waals surface area contributed by atoms with Gasteiger partial charge >= 0.3 is 0 Å². The first-order valence-corrected chi connectivity index (χ1v) is 5.49. The van der Waals surface area contributed by atoms with Gasteiger partial charge in [-0.3, -0.25) is 4.79 Å². The van der Waals surface area contributed by atoms with Crippen molar-refractivity contribution in [3.63, 3.8) is 0 Å². The van der Waals surface area contributed by atoms with Gasteiger partial charge in [0.25, 0.3) is 0 Å². The molecule has 0 heterocycles. The van der Waals surface area contributed by atoms with Crippen LogP contribution in [0.5, 0.6) is 0 Å². The number of nitrogens with one attached hydrogen (secondary N) is 1. The Balaban J connectivity index is 1.82. The second kappa shape index (κ2) is 3.32. The van der Waals surface area contributed by atoms with Gasteiger partial charge in [-0.15, -0.1) is 0 Å². The van der Waals surface area contributed by atoms with Gasteiger partial charge in [0.05, 0.1) is 0 Å². The topological polar surface area (TPSA) is 29.1 Å². The third-order valence-corrected chi connectivity index (χ3v) is 3.64. The van der Waals surface area contributed by atoms with E-state index in [1.807, 2.05) is 0 Å². The molecular formula is C11H19NO. The molecule has 1 amide bonds. The molecule has 0 saturated heterocycles. The first-order valence-electron chi connectivity index (χ1n) is 5.49. The molecule has 2 saturated carbocycles. The van der Waals surface area contributed by atoms with E-state index >= 15 is 0 Å². The SMILES string of the molecule is CC1CCCC1C(=O)N[C@@H]1C[C@H]1C. The van der Waals surface area contributed by atoms with Crippen LogP contribution in [0.1, 0.15) is 39.5 Å². The normalized spacial score (nSPS) is 43.2. The Bertz CT molecular complexity index is 214. The maximum Gasteiger partial charge on any atom is 0.223 e. The molecule has 0 bridgehead atoms. The van der Waals surface area contributed by atoms with Crippen LogP contribution in [0.15, 0.2) is 0 Å². The Morgan fingerprint density at radius 1 is 1.23 bits per heavy atom. The van der Waals surface area contributed by atoms with Crippen molar-refractivity contribution in [2.45, 2.75) is 45.6 Å². The zero-order valence-corrected chi connectivity index (χ0v) is 8.55. The summed E-state index contributed by atoms with van der Waals surface area (Å²) in [4.78, 5) is 11.7. The van der Waals surface area contributed by atoms with Crippen LogP contribution in [-0.2, 0) is 4.79 Å². The number of carbonyl (C=O) groups is 1. The van der Waals surface area contributed by atoms with E-state index in [0.29, 0.717) is 23.8 Å². The van der Waals surface area contributed by atoms with Crippen LogP contribution >= 0.6 is 0 Å². The van der Waals surface area contributed by atoms with Crippen molar-refractivity contribution in [2.75, 3.05) is 0 Å². The van der Waals surface area contributed by atoms with Crippen molar-refractivity contribution in [3.8, 4) is 0 Å². The van der Waals surface area contributed by atoms with Gasteiger partial charge in [0.1, 0.15) is 0 Å². The fourth-order valence-electron chi connectivity index (χ4n) is 2.35. The predicted molar refractivity (Wildman–Crippen MR) is 52.2 cm³/mol. The zero-order chi connectivity index (χ0) is 9.42. The third kappa shape index (κ3) is 1.87. The van der Waals surface area contributed by atoms with Gasteiger partial charge in [-0.25, -0.2) is 0 Å². The van der Waals surface area contributed by atoms with E-state index in [0.717, 1.165) is 12.3 Å². The van der Waals surface area contributed by atoms with Gasteiger partial charge < -0.3 is 5.32 Å². The molecule has 0 spiro atoms. The summed E-state index contributed by atoms with van der Waals surface area (Å²) in [6, 6.07) is 0.500. The van der Waals surface area contributed by atoms with Crippen LogP contribution in [-0.4, -0.2) is 11.9 Å². The molecule has 0 aromatic heterocycles. The van der Waals surface area contributed by atoms with Crippen molar-refractivity contribution in [1.82, 2.24) is 5.32 Å². The molecule has 2 aliphatic rings. The van der Waals surface area contributed by atoms with Crippen LogP contribution in [0, 0.1) is 17.8 Å². The van der Waals surface area contributed by atoms with Crippen molar-refractivity contribution >= 4 is 5.91 Å². The van der Waals surface area contributed by atoms with E-state index in [-0.39, 0.29) is 0 Å². The molecule has 2 fully saturated rings. The lowest BCUT2D eigenvalue weighted by Gasteiger charge is -2.14. The van der Waals surface area contributed by atoms with Crippen LogP contribution in [0.3, 0.4) is 0 Å². The Hall–Kier alpha value is -0.530. The molecule has 2 nitrogen and oxygen atoms in total. The standard InChI is InChI=1S/C11H19NO/c1-7-4-3-5-9(7)11(13)12-10-6-8(10)2/h7-10H,3-6H2,1-2H3,(H,12,13)/t7?,8-,9?,10-/m1/s1. The number of hydrogen-bond donors (Lipinski definition) is 1. The second-order valence-electron chi connectivity index (χ2n) is 4.84. The van der Waals surface area contributed by atoms with Gasteiger partial charge in [0, 0.05) is 12.0 Å². The van der Waals surface area contributed by atoms with Crippen LogP contribution in [0.25, 0.3) is 0 Å². The zero-order valence-electron chi connectivity index (χ0n) is 8.55. The fraction of sp³-hybridized carbons (Fsp3) is 0.909. The molecule has 1 N–H and O–H groups in total. The molecule has 0 aliphatic heterocycles. The van der Waals surface area contributed by atoms with E-state index in [1.54, 1.807) is 0 Å². The molecule has 2 heteroatoms. The van der Waals surface area contributed by atoms with Gasteiger partial charge in [0.2, 0.25) is 5.91 Å². The molecule has 0 aromatic rings. The van der Waals surface area contributed by atoms with Gasteiger partial charge in [-0.05, 0) is 31.1 Å². The van der Waals surface area contributed by atoms with E-state index in [4.69, 9.17) is 0 Å². The highest BCUT2D eigenvalue weighted by molar-refractivity contribution is 5.79. The number of carbonyl (C=O) groups excluding carboxylic acids is 1. The van der Waals surface area contributed by atoms with E-state index < -0.39 is 0 Å². The smallest absolute Gasteiger partial charge is 0.223 e. The Morgan fingerprint density at radius 3 is 2.38 bits per heavy atom. The molecule has 13 heavy (non-hydrogen) atoms. The highest BCUT2D eigenvalue weighted by atomic mass is 16.2. The van der Waals surface area contributed by atoms with Crippen molar-refractivity contribution < 1.29 is 4.79 Å². The summed E-state index contributed by atoms with van der Waals surface area (Å²) >= 11 is 0. The molecule has 2 unspecified atom stereocenters. The summed E-state index contributed by atoms with van der Waals surface area (Å²) in [7, 11) is 0. The minimum absolute atomic E-state index is 0.313. The van der Waals surface area contributed by atoms with Crippen LogP contribution in [0.4, 0.5) is 0 Å². The van der Waals surface area contributed by atoms with Crippen molar-refractivity contribution in [1.29, 1.82) is 0 Å². The average molecular weight is 181 g/mol. The van der Waals surface area contributed by atoms with E-state index in [9.17, 15) is 4.79 Å². The molecule has 0 aromatic carbocycles. The average Bonchev–Trinajstić information content (AvgIpc) is 2.62. The second-order valence-corrected chi connectivity index (χ2v) is 4.84. The summed E-state index contributed by atoms with van der Waals surface area (Å²) in [6.07, 6.45) is 4.76. The Kier molecular flexibility index (Phi) is 2.31. The quantitative estimate of drug-likeness (QED) is 0.693. The van der Waals surface area contributed by atoms with Crippen LogP contribution < -0.4 is 5.32 Å². The lowest BCUT2D eigenvalue weighted by molar-refractivity contribution is -0.126.